The van der Waals surface area contributed by atoms with Crippen molar-refractivity contribution >= 4 is 26.7 Å². The maximum Gasteiger partial charge on any atom is 0.0375 e. The first-order valence-electron chi connectivity index (χ1n) is 5.92. The van der Waals surface area contributed by atoms with Gasteiger partial charge in [-0.3, -0.25) is 4.21 Å². The lowest BCUT2D eigenvalue weighted by atomic mass is 10.0. The Labute approximate surface area is 116 Å². The Kier molecular flexibility index (Phi) is 5.39. The third-order valence-electron chi connectivity index (χ3n) is 2.59. The summed E-state index contributed by atoms with van der Waals surface area (Å²) in [5, 5.41) is 0. The topological polar surface area (TPSA) is 17.1 Å². The minimum absolute atomic E-state index is 0.106. The largest absolute Gasteiger partial charge is 0.259 e. The van der Waals surface area contributed by atoms with Gasteiger partial charge in [0.2, 0.25) is 0 Å². The minimum Gasteiger partial charge on any atom is -0.259 e. The lowest BCUT2D eigenvalue weighted by Gasteiger charge is -2.20. The molecule has 1 aromatic carbocycles. The molecule has 0 aromatic heterocycles. The van der Waals surface area contributed by atoms with Crippen molar-refractivity contribution in [2.24, 2.45) is 5.92 Å². The molecule has 0 bridgehead atoms. The van der Waals surface area contributed by atoms with Gasteiger partial charge in [-0.25, -0.2) is 0 Å². The summed E-state index contributed by atoms with van der Waals surface area (Å²) in [7, 11) is -0.758. The van der Waals surface area contributed by atoms with Crippen molar-refractivity contribution in [2.75, 3.05) is 5.75 Å². The molecule has 0 saturated carbocycles. The van der Waals surface area contributed by atoms with Crippen LogP contribution in [0.25, 0.3) is 0 Å². The van der Waals surface area contributed by atoms with E-state index in [0.717, 1.165) is 16.6 Å². The molecule has 1 rings (SSSR count). The van der Waals surface area contributed by atoms with E-state index in [1.165, 1.54) is 5.56 Å². The number of halogens is 1. The summed E-state index contributed by atoms with van der Waals surface area (Å²) in [5.74, 6) is 1.22. The fourth-order valence-electron chi connectivity index (χ4n) is 1.63. The zero-order valence-corrected chi connectivity index (χ0v) is 13.4. The Hall–Kier alpha value is -0.150. The highest BCUT2D eigenvalue weighted by atomic mass is 79.9. The molecule has 0 radical (unpaired) electrons. The van der Waals surface area contributed by atoms with E-state index in [1.807, 2.05) is 32.9 Å². The Morgan fingerprint density at radius 2 is 2.00 bits per heavy atom. The molecule has 0 aliphatic heterocycles. The van der Waals surface area contributed by atoms with Crippen molar-refractivity contribution in [1.29, 1.82) is 0 Å². The van der Waals surface area contributed by atoms with E-state index in [4.69, 9.17) is 0 Å². The Morgan fingerprint density at radius 3 is 2.53 bits per heavy atom. The van der Waals surface area contributed by atoms with Crippen molar-refractivity contribution in [3.63, 3.8) is 0 Å². The van der Waals surface area contributed by atoms with Crippen molar-refractivity contribution in [3.8, 4) is 0 Å². The van der Waals surface area contributed by atoms with Crippen LogP contribution >= 0.6 is 15.9 Å². The van der Waals surface area contributed by atoms with E-state index in [9.17, 15) is 4.21 Å². The average Bonchev–Trinajstić information content (AvgIpc) is 2.15. The van der Waals surface area contributed by atoms with Crippen LogP contribution < -0.4 is 0 Å². The van der Waals surface area contributed by atoms with Crippen molar-refractivity contribution in [3.05, 3.63) is 34.3 Å². The van der Waals surface area contributed by atoms with E-state index in [2.05, 4.69) is 35.0 Å². The number of rotatable bonds is 4. The summed E-state index contributed by atoms with van der Waals surface area (Å²) in [6.45, 7) is 8.28. The number of hydrogen-bond donors (Lipinski definition) is 0. The SMILES string of the molecule is C[C@@H](Cc1cccc(Br)c1)C[S@@](=O)C(C)(C)C. The highest BCUT2D eigenvalue weighted by Gasteiger charge is 2.21. The third-order valence-corrected chi connectivity index (χ3v) is 5.32. The standard InChI is InChI=1S/C14H21BrOS/c1-11(10-17(16)14(2,3)4)8-12-6-5-7-13(15)9-12/h5-7,9,11H,8,10H2,1-4H3/t11-,17+/m0/s1. The summed E-state index contributed by atoms with van der Waals surface area (Å²) in [5.41, 5.74) is 1.30. The van der Waals surface area contributed by atoms with Crippen LogP contribution in [0.1, 0.15) is 33.3 Å². The van der Waals surface area contributed by atoms with Gasteiger partial charge >= 0.3 is 0 Å². The summed E-state index contributed by atoms with van der Waals surface area (Å²) < 4.78 is 13.0. The van der Waals surface area contributed by atoms with Crippen LogP contribution in [0, 0.1) is 5.92 Å². The molecule has 0 unspecified atom stereocenters. The van der Waals surface area contributed by atoms with Gasteiger partial charge in [0, 0.05) is 25.8 Å². The maximum absolute atomic E-state index is 12.0. The van der Waals surface area contributed by atoms with Gasteiger partial charge in [0.1, 0.15) is 0 Å². The molecule has 1 aromatic rings. The number of benzene rings is 1. The van der Waals surface area contributed by atoms with Gasteiger partial charge in [-0.05, 0) is 50.8 Å². The molecule has 0 aliphatic carbocycles. The summed E-state index contributed by atoms with van der Waals surface area (Å²) in [6, 6.07) is 8.34. The van der Waals surface area contributed by atoms with Gasteiger partial charge in [-0.15, -0.1) is 0 Å². The molecule has 3 heteroatoms. The van der Waals surface area contributed by atoms with E-state index >= 15 is 0 Å². The van der Waals surface area contributed by atoms with E-state index in [0.29, 0.717) is 5.92 Å². The molecule has 0 spiro atoms. The van der Waals surface area contributed by atoms with Crippen LogP contribution in [-0.4, -0.2) is 14.7 Å². The zero-order chi connectivity index (χ0) is 13.1. The quantitative estimate of drug-likeness (QED) is 0.814. The van der Waals surface area contributed by atoms with Crippen molar-refractivity contribution < 1.29 is 4.21 Å². The monoisotopic (exact) mass is 316 g/mol. The van der Waals surface area contributed by atoms with Crippen LogP contribution in [0.3, 0.4) is 0 Å². The molecule has 96 valence electrons. The van der Waals surface area contributed by atoms with Crippen LogP contribution in [0.5, 0.6) is 0 Å². The van der Waals surface area contributed by atoms with Crippen LogP contribution in [-0.2, 0) is 17.2 Å². The molecule has 0 fully saturated rings. The van der Waals surface area contributed by atoms with Gasteiger partial charge < -0.3 is 0 Å². The average molecular weight is 317 g/mol. The van der Waals surface area contributed by atoms with Crippen molar-refractivity contribution in [1.82, 2.24) is 0 Å². The highest BCUT2D eigenvalue weighted by Crippen LogP contribution is 2.19. The molecule has 0 amide bonds. The maximum atomic E-state index is 12.0. The van der Waals surface area contributed by atoms with E-state index < -0.39 is 10.8 Å². The predicted molar refractivity (Wildman–Crippen MR) is 79.8 cm³/mol. The zero-order valence-electron chi connectivity index (χ0n) is 11.0. The summed E-state index contributed by atoms with van der Waals surface area (Å²) in [4.78, 5) is 0. The van der Waals surface area contributed by atoms with Gasteiger partial charge in [0.05, 0.1) is 0 Å². The van der Waals surface area contributed by atoms with Gasteiger partial charge in [-0.2, -0.15) is 0 Å². The second-order valence-electron chi connectivity index (χ2n) is 5.56. The molecule has 0 saturated heterocycles. The molecular formula is C14H21BrOS. The molecule has 0 heterocycles. The normalized spacial score (nSPS) is 15.6. The second-order valence-corrected chi connectivity index (χ2v) is 8.73. The van der Waals surface area contributed by atoms with Crippen LogP contribution in [0.2, 0.25) is 0 Å². The molecule has 0 aliphatic rings. The van der Waals surface area contributed by atoms with Gasteiger partial charge in [0.25, 0.3) is 0 Å². The molecule has 17 heavy (non-hydrogen) atoms. The molecule has 1 nitrogen and oxygen atoms in total. The van der Waals surface area contributed by atoms with Gasteiger partial charge in [0.15, 0.2) is 0 Å². The first-order valence-corrected chi connectivity index (χ1v) is 8.03. The van der Waals surface area contributed by atoms with Crippen LogP contribution in [0.4, 0.5) is 0 Å². The van der Waals surface area contributed by atoms with E-state index in [1.54, 1.807) is 0 Å². The predicted octanol–water partition coefficient (Wildman–Crippen LogP) is 4.17. The van der Waals surface area contributed by atoms with Crippen LogP contribution in [0.15, 0.2) is 28.7 Å². The summed E-state index contributed by atoms with van der Waals surface area (Å²) >= 11 is 3.47. The smallest absolute Gasteiger partial charge is 0.0375 e. The fraction of sp³-hybridized carbons (Fsp3) is 0.571. The third kappa shape index (κ3) is 5.35. The second kappa shape index (κ2) is 6.14. The molecular weight excluding hydrogens is 296 g/mol. The first kappa shape index (κ1) is 14.9. The summed E-state index contributed by atoms with van der Waals surface area (Å²) in [6.07, 6.45) is 0.987. The minimum atomic E-state index is -0.758. The van der Waals surface area contributed by atoms with Crippen molar-refractivity contribution in [2.45, 2.75) is 38.9 Å². The van der Waals surface area contributed by atoms with E-state index in [-0.39, 0.29) is 4.75 Å². The first-order chi connectivity index (χ1) is 7.79. The number of hydrogen-bond acceptors (Lipinski definition) is 1. The van der Waals surface area contributed by atoms with Gasteiger partial charge in [-0.1, -0.05) is 35.0 Å². The Bertz CT molecular complexity index is 395. The lowest BCUT2D eigenvalue weighted by Crippen LogP contribution is -2.27. The highest BCUT2D eigenvalue weighted by molar-refractivity contribution is 9.10. The Morgan fingerprint density at radius 1 is 1.35 bits per heavy atom. The lowest BCUT2D eigenvalue weighted by molar-refractivity contribution is 0.608. The molecule has 0 N–H and O–H groups in total. The molecule has 2 atom stereocenters. The Balaban J connectivity index is 2.56. The fourth-order valence-corrected chi connectivity index (χ4v) is 3.21.